The maximum atomic E-state index is 15.6. The lowest BCUT2D eigenvalue weighted by Crippen LogP contribution is -2.43. The van der Waals surface area contributed by atoms with Crippen molar-refractivity contribution in [3.05, 3.63) is 53.1 Å². The molecule has 2 heterocycles. The summed E-state index contributed by atoms with van der Waals surface area (Å²) >= 11 is 5.47. The molecule has 0 aliphatic carbocycles. The number of hydrogen-bond donors (Lipinski definition) is 3. The van der Waals surface area contributed by atoms with E-state index in [1.807, 2.05) is 0 Å². The van der Waals surface area contributed by atoms with Gasteiger partial charge in [0.05, 0.1) is 6.10 Å². The van der Waals surface area contributed by atoms with Gasteiger partial charge in [-0.25, -0.2) is 18.7 Å². The summed E-state index contributed by atoms with van der Waals surface area (Å²) in [5, 5.41) is 13.0. The number of hydrogen-bond acceptors (Lipinski definition) is 10. The number of rotatable bonds is 10. The highest BCUT2D eigenvalue weighted by Gasteiger charge is 2.58. The first-order valence-corrected chi connectivity index (χ1v) is 13.5. The standard InChI is InChI=1S/C21H27F2N4O7PS/c1-12(2)32-19(29)13(3)26-35(36,34-14-7-5-4-6-8-14)31-11-21(23)17(28)16(22)18(33-21)27-10-9-15(24)25-20(27)30/h4-10,12-13,16-18,28H,11H2,1-3H3,(H,26,36)(H2,24,25,30)/t13-,16+,17+,18-,21-,35+/m1/s1. The Balaban J connectivity index is 1.81. The van der Waals surface area contributed by atoms with Crippen molar-refractivity contribution in [1.82, 2.24) is 14.6 Å². The zero-order chi connectivity index (χ0) is 26.7. The van der Waals surface area contributed by atoms with Crippen molar-refractivity contribution in [2.75, 3.05) is 12.3 Å². The lowest BCUT2D eigenvalue weighted by molar-refractivity contribution is -0.203. The largest absolute Gasteiger partial charge is 0.462 e. The number of nitrogens with two attached hydrogens (primary N) is 1. The minimum Gasteiger partial charge on any atom is -0.462 e. The Bertz CT molecular complexity index is 1170. The van der Waals surface area contributed by atoms with Crippen molar-refractivity contribution in [3.63, 3.8) is 0 Å². The van der Waals surface area contributed by atoms with E-state index >= 15 is 4.39 Å². The molecule has 0 saturated carbocycles. The molecule has 0 bridgehead atoms. The average Bonchev–Trinajstić information content (AvgIpc) is 3.02. The molecule has 1 saturated heterocycles. The highest BCUT2D eigenvalue weighted by Crippen LogP contribution is 2.48. The molecule has 15 heteroatoms. The summed E-state index contributed by atoms with van der Waals surface area (Å²) in [6.07, 6.45) is -5.91. The third-order valence-electron chi connectivity index (χ3n) is 4.92. The smallest absolute Gasteiger partial charge is 0.351 e. The third-order valence-corrected chi connectivity index (χ3v) is 7.40. The molecule has 4 N–H and O–H groups in total. The summed E-state index contributed by atoms with van der Waals surface area (Å²) in [6.45, 7) is -0.0325. The highest BCUT2D eigenvalue weighted by molar-refractivity contribution is 8.09. The van der Waals surface area contributed by atoms with Gasteiger partial charge >= 0.3 is 18.3 Å². The Morgan fingerprint density at radius 3 is 2.64 bits per heavy atom. The molecule has 0 spiro atoms. The zero-order valence-corrected chi connectivity index (χ0v) is 21.3. The van der Waals surface area contributed by atoms with Crippen LogP contribution in [-0.2, 0) is 30.6 Å². The second-order valence-corrected chi connectivity index (χ2v) is 11.4. The van der Waals surface area contributed by atoms with Crippen molar-refractivity contribution in [2.24, 2.45) is 0 Å². The van der Waals surface area contributed by atoms with E-state index < -0.39 is 61.4 Å². The van der Waals surface area contributed by atoms with E-state index in [0.717, 1.165) is 6.20 Å². The molecule has 0 radical (unpaired) electrons. The number of para-hydroxylation sites is 1. The molecule has 1 aromatic heterocycles. The lowest BCUT2D eigenvalue weighted by atomic mass is 10.1. The van der Waals surface area contributed by atoms with Gasteiger partial charge in [-0.2, -0.15) is 4.98 Å². The SMILES string of the molecule is CC(C)OC(=O)[C@@H](C)N[P@](=S)(OC[C@@]1(F)O[C@@H](n2ccc(N)nc2=O)[C@@H](F)[C@@H]1O)Oc1ccccc1. The van der Waals surface area contributed by atoms with Crippen LogP contribution in [0.4, 0.5) is 14.6 Å². The van der Waals surface area contributed by atoms with Gasteiger partial charge in [0, 0.05) is 6.20 Å². The topological polar surface area (TPSA) is 147 Å². The lowest BCUT2D eigenvalue weighted by Gasteiger charge is -2.30. The van der Waals surface area contributed by atoms with E-state index in [-0.39, 0.29) is 11.6 Å². The number of nitrogen functional groups attached to an aromatic ring is 1. The molecule has 1 aromatic carbocycles. The summed E-state index contributed by atoms with van der Waals surface area (Å²) < 4.78 is 52.6. The Hall–Kier alpha value is -2.48. The molecule has 36 heavy (non-hydrogen) atoms. The van der Waals surface area contributed by atoms with Crippen LogP contribution in [0.25, 0.3) is 0 Å². The monoisotopic (exact) mass is 548 g/mol. The predicted molar refractivity (Wildman–Crippen MR) is 129 cm³/mol. The van der Waals surface area contributed by atoms with E-state index in [4.69, 9.17) is 36.1 Å². The maximum absolute atomic E-state index is 15.6. The van der Waals surface area contributed by atoms with Crippen molar-refractivity contribution >= 4 is 30.2 Å². The number of alkyl halides is 2. The van der Waals surface area contributed by atoms with Gasteiger partial charge in [0.2, 0.25) is 0 Å². The minimum absolute atomic E-state index is 0.130. The molecule has 2 aromatic rings. The van der Waals surface area contributed by atoms with Gasteiger partial charge in [0.15, 0.2) is 18.5 Å². The fraction of sp³-hybridized carbons (Fsp3) is 0.476. The zero-order valence-electron chi connectivity index (χ0n) is 19.6. The number of benzene rings is 1. The van der Waals surface area contributed by atoms with E-state index in [1.54, 1.807) is 44.2 Å². The Morgan fingerprint density at radius 1 is 1.36 bits per heavy atom. The van der Waals surface area contributed by atoms with Gasteiger partial charge in [-0.05, 0) is 50.8 Å². The van der Waals surface area contributed by atoms with E-state index in [0.29, 0.717) is 4.57 Å². The van der Waals surface area contributed by atoms with Crippen molar-refractivity contribution in [1.29, 1.82) is 0 Å². The molecular formula is C21H27F2N4O7PS. The first-order valence-electron chi connectivity index (χ1n) is 10.8. The van der Waals surface area contributed by atoms with Crippen LogP contribution in [0.2, 0.25) is 0 Å². The summed E-state index contributed by atoms with van der Waals surface area (Å²) in [7, 11) is 0. The predicted octanol–water partition coefficient (Wildman–Crippen LogP) is 1.97. The van der Waals surface area contributed by atoms with Crippen LogP contribution in [0.3, 0.4) is 0 Å². The Morgan fingerprint density at radius 2 is 2.03 bits per heavy atom. The van der Waals surface area contributed by atoms with Crippen LogP contribution in [0.15, 0.2) is 47.4 Å². The number of anilines is 1. The van der Waals surface area contributed by atoms with Gasteiger partial charge in [-0.3, -0.25) is 9.36 Å². The quantitative estimate of drug-likeness (QED) is 0.296. The van der Waals surface area contributed by atoms with Crippen LogP contribution < -0.4 is 21.0 Å². The van der Waals surface area contributed by atoms with Gasteiger partial charge in [0.25, 0.3) is 5.85 Å². The number of halogens is 2. The summed E-state index contributed by atoms with van der Waals surface area (Å²) in [5.74, 6) is -3.67. The number of esters is 1. The van der Waals surface area contributed by atoms with Crippen molar-refractivity contribution in [2.45, 2.75) is 57.3 Å². The maximum Gasteiger partial charge on any atom is 0.351 e. The van der Waals surface area contributed by atoms with Crippen molar-refractivity contribution < 1.29 is 37.2 Å². The number of carbonyl (C=O) groups is 1. The molecule has 11 nitrogen and oxygen atoms in total. The Labute approximate surface area is 210 Å². The number of carbonyl (C=O) groups excluding carboxylic acids is 1. The first-order chi connectivity index (χ1) is 16.8. The second kappa shape index (κ2) is 11.3. The first kappa shape index (κ1) is 28.1. The number of aliphatic hydroxyl groups is 1. The fourth-order valence-corrected chi connectivity index (χ4v) is 5.58. The number of nitrogens with one attached hydrogen (secondary N) is 1. The number of nitrogens with zero attached hydrogens (tertiary/aromatic N) is 2. The summed E-state index contributed by atoms with van der Waals surface area (Å²) in [4.78, 5) is 27.8. The van der Waals surface area contributed by atoms with Gasteiger partial charge < -0.3 is 29.4 Å². The van der Waals surface area contributed by atoms with Gasteiger partial charge in [-0.1, -0.05) is 18.2 Å². The third kappa shape index (κ3) is 6.64. The molecule has 1 aliphatic heterocycles. The molecule has 0 amide bonds. The molecule has 6 atom stereocenters. The molecule has 1 fully saturated rings. The molecule has 3 rings (SSSR count). The van der Waals surface area contributed by atoms with E-state index in [1.165, 1.54) is 13.0 Å². The summed E-state index contributed by atoms with van der Waals surface area (Å²) in [5.41, 5.74) is 4.42. The van der Waals surface area contributed by atoms with Crippen LogP contribution in [0.5, 0.6) is 5.75 Å². The molecule has 1 aliphatic rings. The number of ether oxygens (including phenoxy) is 2. The van der Waals surface area contributed by atoms with Crippen LogP contribution >= 0.6 is 6.64 Å². The van der Waals surface area contributed by atoms with Crippen LogP contribution in [-0.4, -0.2) is 57.5 Å². The molecular weight excluding hydrogens is 521 g/mol. The van der Waals surface area contributed by atoms with E-state index in [2.05, 4.69) is 10.1 Å². The van der Waals surface area contributed by atoms with E-state index in [9.17, 15) is 19.1 Å². The molecule has 0 unspecified atom stereocenters. The average molecular weight is 549 g/mol. The summed E-state index contributed by atoms with van der Waals surface area (Å²) in [6, 6.07) is 8.32. The number of aliphatic hydroxyl groups excluding tert-OH is 1. The fourth-order valence-electron chi connectivity index (χ4n) is 3.19. The highest BCUT2D eigenvalue weighted by atomic mass is 32.5. The Kier molecular flexibility index (Phi) is 8.80. The van der Waals surface area contributed by atoms with Gasteiger partial charge in [-0.15, -0.1) is 0 Å². The van der Waals surface area contributed by atoms with Crippen molar-refractivity contribution in [3.8, 4) is 5.75 Å². The second-order valence-electron chi connectivity index (χ2n) is 8.24. The number of aromatic nitrogens is 2. The van der Waals surface area contributed by atoms with Gasteiger partial charge in [0.1, 0.15) is 24.2 Å². The normalized spacial score (nSPS) is 26.4. The minimum atomic E-state index is -3.71. The molecule has 198 valence electrons. The van der Waals surface area contributed by atoms with Crippen LogP contribution in [0, 0.1) is 0 Å². The van der Waals surface area contributed by atoms with Crippen LogP contribution in [0.1, 0.15) is 27.0 Å².